The molecule has 0 bridgehead atoms. The van der Waals surface area contributed by atoms with Crippen LogP contribution in [0.1, 0.15) is 32.6 Å². The van der Waals surface area contributed by atoms with Crippen LogP contribution in [0.15, 0.2) is 0 Å². The fraction of sp³-hybridized carbons (Fsp3) is 0.929. The van der Waals surface area contributed by atoms with E-state index in [0.29, 0.717) is 17.7 Å². The first-order chi connectivity index (χ1) is 8.31. The van der Waals surface area contributed by atoms with Crippen molar-refractivity contribution in [3.05, 3.63) is 0 Å². The lowest BCUT2D eigenvalue weighted by Gasteiger charge is -2.17. The molecule has 3 aliphatic rings. The second-order valence-electron chi connectivity index (χ2n) is 5.88. The van der Waals surface area contributed by atoms with E-state index in [1.807, 2.05) is 6.92 Å². The third-order valence-corrected chi connectivity index (χ3v) is 4.85. The van der Waals surface area contributed by atoms with Gasteiger partial charge >= 0.3 is 0 Å². The Morgan fingerprint density at radius 2 is 2.06 bits per heavy atom. The summed E-state index contributed by atoms with van der Waals surface area (Å²) in [6.45, 7) is 5.56. The average Bonchev–Trinajstić information content (AvgIpc) is 2.77. The highest BCUT2D eigenvalue weighted by Crippen LogP contribution is 2.58. The van der Waals surface area contributed by atoms with Gasteiger partial charge in [-0.15, -0.1) is 0 Å². The van der Waals surface area contributed by atoms with Gasteiger partial charge in [-0.3, -0.25) is 4.79 Å². The van der Waals surface area contributed by atoms with Crippen LogP contribution in [0.2, 0.25) is 0 Å². The molecular weight excluding hydrogens is 214 g/mol. The van der Waals surface area contributed by atoms with Crippen LogP contribution in [-0.2, 0) is 9.53 Å². The lowest BCUT2D eigenvalue weighted by atomic mass is 10.1. The van der Waals surface area contributed by atoms with Gasteiger partial charge in [0.15, 0.2) is 0 Å². The van der Waals surface area contributed by atoms with Crippen molar-refractivity contribution in [2.45, 2.75) is 32.6 Å². The molecule has 3 rings (SSSR count). The Hall–Kier alpha value is -0.570. The Morgan fingerprint density at radius 3 is 2.76 bits per heavy atom. The van der Waals surface area contributed by atoms with E-state index in [2.05, 4.69) is 4.90 Å². The summed E-state index contributed by atoms with van der Waals surface area (Å²) in [4.78, 5) is 14.4. The molecule has 1 saturated heterocycles. The molecule has 0 radical (unpaired) electrons. The highest BCUT2D eigenvalue weighted by molar-refractivity contribution is 5.82. The lowest BCUT2D eigenvalue weighted by molar-refractivity contribution is -0.132. The van der Waals surface area contributed by atoms with Gasteiger partial charge in [0, 0.05) is 31.5 Å². The Balaban J connectivity index is 1.48. The topological polar surface area (TPSA) is 29.5 Å². The van der Waals surface area contributed by atoms with E-state index in [4.69, 9.17) is 4.74 Å². The number of ether oxygens (including phenoxy) is 1. The van der Waals surface area contributed by atoms with Gasteiger partial charge in [0.2, 0.25) is 5.91 Å². The molecular formula is C14H23NO2. The van der Waals surface area contributed by atoms with Crippen LogP contribution in [-0.4, -0.2) is 37.1 Å². The average molecular weight is 237 g/mol. The molecule has 1 aliphatic heterocycles. The maximum atomic E-state index is 12.3. The highest BCUT2D eigenvalue weighted by Gasteiger charge is 2.57. The van der Waals surface area contributed by atoms with Crippen LogP contribution < -0.4 is 0 Å². The van der Waals surface area contributed by atoms with Crippen LogP contribution in [0.5, 0.6) is 0 Å². The van der Waals surface area contributed by atoms with E-state index in [1.165, 1.54) is 19.3 Å². The van der Waals surface area contributed by atoms with Gasteiger partial charge in [0.25, 0.3) is 0 Å². The fourth-order valence-corrected chi connectivity index (χ4v) is 3.85. The summed E-state index contributed by atoms with van der Waals surface area (Å²) >= 11 is 0. The number of likely N-dealkylation sites (tertiary alicyclic amines) is 1. The van der Waals surface area contributed by atoms with Crippen LogP contribution in [0.4, 0.5) is 0 Å². The van der Waals surface area contributed by atoms with Crippen LogP contribution in [0.3, 0.4) is 0 Å². The second-order valence-corrected chi connectivity index (χ2v) is 5.88. The van der Waals surface area contributed by atoms with Crippen LogP contribution in [0.25, 0.3) is 0 Å². The van der Waals surface area contributed by atoms with Crippen molar-refractivity contribution < 1.29 is 9.53 Å². The molecule has 1 heterocycles. The zero-order chi connectivity index (χ0) is 11.8. The smallest absolute Gasteiger partial charge is 0.226 e. The fourth-order valence-electron chi connectivity index (χ4n) is 3.85. The van der Waals surface area contributed by atoms with Crippen molar-refractivity contribution in [3.63, 3.8) is 0 Å². The minimum absolute atomic E-state index is 0.412. The summed E-state index contributed by atoms with van der Waals surface area (Å²) < 4.78 is 5.46. The predicted molar refractivity (Wildman–Crippen MR) is 65.5 cm³/mol. The van der Waals surface area contributed by atoms with Gasteiger partial charge < -0.3 is 9.64 Å². The molecule has 3 atom stereocenters. The van der Waals surface area contributed by atoms with E-state index in [1.54, 1.807) is 0 Å². The SMILES string of the molecule is CCOCC1CCN(C(=O)C2C3CCCC32)C1. The molecule has 3 unspecified atom stereocenters. The van der Waals surface area contributed by atoms with Gasteiger partial charge in [-0.2, -0.15) is 0 Å². The summed E-state index contributed by atoms with van der Waals surface area (Å²) in [5.74, 6) is 2.97. The minimum atomic E-state index is 0.412. The lowest BCUT2D eigenvalue weighted by Crippen LogP contribution is -2.31. The third kappa shape index (κ3) is 2.10. The maximum Gasteiger partial charge on any atom is 0.226 e. The molecule has 2 saturated carbocycles. The summed E-state index contributed by atoms with van der Waals surface area (Å²) in [5, 5.41) is 0. The highest BCUT2D eigenvalue weighted by atomic mass is 16.5. The van der Waals surface area contributed by atoms with E-state index in [9.17, 15) is 4.79 Å². The van der Waals surface area contributed by atoms with Crippen molar-refractivity contribution in [1.82, 2.24) is 4.90 Å². The molecule has 3 nitrogen and oxygen atoms in total. The van der Waals surface area contributed by atoms with Crippen molar-refractivity contribution in [2.75, 3.05) is 26.3 Å². The number of hydrogen-bond acceptors (Lipinski definition) is 2. The quantitative estimate of drug-likeness (QED) is 0.747. The van der Waals surface area contributed by atoms with Crippen LogP contribution in [0, 0.1) is 23.7 Å². The number of carbonyl (C=O) groups excluding carboxylic acids is 1. The number of fused-ring (bicyclic) bond motifs is 1. The zero-order valence-corrected chi connectivity index (χ0v) is 10.7. The van der Waals surface area contributed by atoms with Crippen LogP contribution >= 0.6 is 0 Å². The molecule has 0 N–H and O–H groups in total. The first kappa shape index (κ1) is 11.5. The Bertz CT molecular complexity index is 295. The monoisotopic (exact) mass is 237 g/mol. The summed E-state index contributed by atoms with van der Waals surface area (Å²) in [5.41, 5.74) is 0. The van der Waals surface area contributed by atoms with E-state index in [0.717, 1.165) is 44.6 Å². The molecule has 96 valence electrons. The number of carbonyl (C=O) groups is 1. The van der Waals surface area contributed by atoms with Crippen molar-refractivity contribution in [1.29, 1.82) is 0 Å². The maximum absolute atomic E-state index is 12.3. The van der Waals surface area contributed by atoms with Gasteiger partial charge in [0.1, 0.15) is 0 Å². The molecule has 0 aromatic carbocycles. The first-order valence-corrected chi connectivity index (χ1v) is 7.17. The largest absolute Gasteiger partial charge is 0.381 e. The molecule has 0 aromatic rings. The van der Waals surface area contributed by atoms with Gasteiger partial charge in [-0.1, -0.05) is 6.42 Å². The molecule has 3 fully saturated rings. The molecule has 0 aromatic heterocycles. The molecule has 3 heteroatoms. The van der Waals surface area contributed by atoms with Gasteiger partial charge in [-0.05, 0) is 38.0 Å². The van der Waals surface area contributed by atoms with E-state index < -0.39 is 0 Å². The van der Waals surface area contributed by atoms with E-state index in [-0.39, 0.29) is 0 Å². The molecule has 0 spiro atoms. The third-order valence-electron chi connectivity index (χ3n) is 4.85. The predicted octanol–water partition coefficient (Wildman–Crippen LogP) is 1.92. The van der Waals surface area contributed by atoms with E-state index >= 15 is 0 Å². The van der Waals surface area contributed by atoms with Crippen molar-refractivity contribution in [2.24, 2.45) is 23.7 Å². The molecule has 2 aliphatic carbocycles. The Morgan fingerprint density at radius 1 is 1.29 bits per heavy atom. The number of amides is 1. The number of nitrogens with zero attached hydrogens (tertiary/aromatic N) is 1. The standard InChI is InChI=1S/C14H23NO2/c1-2-17-9-10-6-7-15(8-10)14(16)13-11-4-3-5-12(11)13/h10-13H,2-9H2,1H3. The van der Waals surface area contributed by atoms with Crippen molar-refractivity contribution >= 4 is 5.91 Å². The molecule has 17 heavy (non-hydrogen) atoms. The summed E-state index contributed by atoms with van der Waals surface area (Å²) in [6.07, 6.45) is 5.09. The Labute approximate surface area is 104 Å². The zero-order valence-electron chi connectivity index (χ0n) is 10.7. The first-order valence-electron chi connectivity index (χ1n) is 7.17. The Kier molecular flexibility index (Phi) is 3.12. The number of hydrogen-bond donors (Lipinski definition) is 0. The second kappa shape index (κ2) is 4.60. The van der Waals surface area contributed by atoms with Crippen molar-refractivity contribution in [3.8, 4) is 0 Å². The summed E-state index contributed by atoms with van der Waals surface area (Å²) in [6, 6.07) is 0. The summed E-state index contributed by atoms with van der Waals surface area (Å²) in [7, 11) is 0. The molecule has 1 amide bonds. The van der Waals surface area contributed by atoms with Gasteiger partial charge in [-0.25, -0.2) is 0 Å². The minimum Gasteiger partial charge on any atom is -0.381 e. The van der Waals surface area contributed by atoms with Gasteiger partial charge in [0.05, 0.1) is 6.61 Å². The number of rotatable bonds is 4. The normalized spacial score (nSPS) is 39.5.